The van der Waals surface area contributed by atoms with Gasteiger partial charge in [0.25, 0.3) is 0 Å². The van der Waals surface area contributed by atoms with Crippen LogP contribution in [0.3, 0.4) is 0 Å². The lowest BCUT2D eigenvalue weighted by Gasteiger charge is -2.14. The lowest BCUT2D eigenvalue weighted by molar-refractivity contribution is 0.457. The van der Waals surface area contributed by atoms with Gasteiger partial charge >= 0.3 is 0 Å². The highest BCUT2D eigenvalue weighted by Crippen LogP contribution is 2.09. The number of hydrogen-bond donors (Lipinski definition) is 1. The molecule has 96 valence electrons. The van der Waals surface area contributed by atoms with Gasteiger partial charge in [-0.25, -0.2) is 0 Å². The molecule has 1 aromatic rings. The summed E-state index contributed by atoms with van der Waals surface area (Å²) in [5.74, 6) is 0.822. The van der Waals surface area contributed by atoms with Crippen molar-refractivity contribution in [2.24, 2.45) is 5.92 Å². The molecule has 1 unspecified atom stereocenters. The Morgan fingerprint density at radius 2 is 1.94 bits per heavy atom. The summed E-state index contributed by atoms with van der Waals surface area (Å²) in [6.07, 6.45) is 7.75. The molecule has 2 heteroatoms. The van der Waals surface area contributed by atoms with Gasteiger partial charge in [-0.2, -0.15) is 0 Å². The average molecular weight is 234 g/mol. The van der Waals surface area contributed by atoms with E-state index in [1.165, 1.54) is 30.4 Å². The molecule has 1 rings (SSSR count). The van der Waals surface area contributed by atoms with E-state index < -0.39 is 0 Å². The van der Waals surface area contributed by atoms with E-state index in [4.69, 9.17) is 0 Å². The first-order valence-electron chi connectivity index (χ1n) is 6.72. The molecular formula is C15H26N2. The summed E-state index contributed by atoms with van der Waals surface area (Å²) < 4.78 is 0. The second-order valence-electron chi connectivity index (χ2n) is 5.48. The molecule has 2 nitrogen and oxygen atoms in total. The van der Waals surface area contributed by atoms with Crippen molar-refractivity contribution in [2.75, 3.05) is 0 Å². The molecular weight excluding hydrogens is 208 g/mol. The Kier molecular flexibility index (Phi) is 6.20. The molecule has 0 spiro atoms. The fourth-order valence-corrected chi connectivity index (χ4v) is 1.94. The van der Waals surface area contributed by atoms with Crippen molar-refractivity contribution < 1.29 is 0 Å². The minimum atomic E-state index is 0.592. The molecule has 0 fully saturated rings. The van der Waals surface area contributed by atoms with E-state index in [0.717, 1.165) is 12.5 Å². The summed E-state index contributed by atoms with van der Waals surface area (Å²) in [7, 11) is 0. The molecule has 0 saturated carbocycles. The highest BCUT2D eigenvalue weighted by Gasteiger charge is 2.03. The largest absolute Gasteiger partial charge is 0.310 e. The maximum absolute atomic E-state index is 4.21. The Hall–Kier alpha value is -0.890. The van der Waals surface area contributed by atoms with Crippen LogP contribution in [0.15, 0.2) is 18.5 Å². The van der Waals surface area contributed by atoms with Crippen molar-refractivity contribution >= 4 is 0 Å². The summed E-state index contributed by atoms with van der Waals surface area (Å²) in [6, 6.07) is 2.79. The first kappa shape index (κ1) is 14.2. The van der Waals surface area contributed by atoms with Gasteiger partial charge in [-0.1, -0.05) is 32.8 Å². The topological polar surface area (TPSA) is 24.9 Å². The van der Waals surface area contributed by atoms with Crippen LogP contribution < -0.4 is 5.32 Å². The van der Waals surface area contributed by atoms with Gasteiger partial charge in [-0.05, 0) is 37.3 Å². The zero-order valence-corrected chi connectivity index (χ0v) is 11.7. The van der Waals surface area contributed by atoms with Crippen LogP contribution in [0.4, 0.5) is 0 Å². The zero-order valence-electron chi connectivity index (χ0n) is 11.7. The van der Waals surface area contributed by atoms with Gasteiger partial charge in [0.15, 0.2) is 0 Å². The van der Waals surface area contributed by atoms with Crippen LogP contribution in [-0.2, 0) is 6.54 Å². The second kappa shape index (κ2) is 7.44. The maximum Gasteiger partial charge on any atom is 0.0313 e. The third-order valence-corrected chi connectivity index (χ3v) is 3.00. The van der Waals surface area contributed by atoms with Crippen LogP contribution in [0.2, 0.25) is 0 Å². The van der Waals surface area contributed by atoms with Crippen molar-refractivity contribution in [3.8, 4) is 0 Å². The number of aromatic nitrogens is 1. The zero-order chi connectivity index (χ0) is 12.7. The Morgan fingerprint density at radius 1 is 1.18 bits per heavy atom. The van der Waals surface area contributed by atoms with E-state index >= 15 is 0 Å². The number of aryl methyl sites for hydroxylation is 1. The van der Waals surface area contributed by atoms with Gasteiger partial charge in [0.2, 0.25) is 0 Å². The predicted octanol–water partition coefficient (Wildman–Crippen LogP) is 3.69. The average Bonchev–Trinajstić information content (AvgIpc) is 2.26. The SMILES string of the molecule is Cc1cncc(CNC(C)CCCC(C)C)c1. The van der Waals surface area contributed by atoms with Crippen molar-refractivity contribution in [3.05, 3.63) is 29.6 Å². The molecule has 0 radical (unpaired) electrons. The highest BCUT2D eigenvalue weighted by molar-refractivity contribution is 5.16. The van der Waals surface area contributed by atoms with Crippen LogP contribution >= 0.6 is 0 Å². The standard InChI is InChI=1S/C15H26N2/c1-12(2)6-5-7-14(4)17-11-15-8-13(3)9-16-10-15/h8-10,12,14,17H,5-7,11H2,1-4H3. The number of pyridine rings is 1. The van der Waals surface area contributed by atoms with Gasteiger partial charge < -0.3 is 5.32 Å². The number of nitrogens with zero attached hydrogens (tertiary/aromatic N) is 1. The van der Waals surface area contributed by atoms with Gasteiger partial charge in [0.05, 0.1) is 0 Å². The van der Waals surface area contributed by atoms with Crippen LogP contribution in [-0.4, -0.2) is 11.0 Å². The molecule has 0 bridgehead atoms. The Labute approximate surface area is 106 Å². The Morgan fingerprint density at radius 3 is 2.59 bits per heavy atom. The molecule has 0 aromatic carbocycles. The van der Waals surface area contributed by atoms with Crippen molar-refractivity contribution in [1.82, 2.24) is 10.3 Å². The van der Waals surface area contributed by atoms with E-state index in [1.807, 2.05) is 12.4 Å². The van der Waals surface area contributed by atoms with E-state index in [2.05, 4.69) is 44.1 Å². The molecule has 0 saturated heterocycles. The van der Waals surface area contributed by atoms with Gasteiger partial charge in [0, 0.05) is 25.0 Å². The number of hydrogen-bond acceptors (Lipinski definition) is 2. The monoisotopic (exact) mass is 234 g/mol. The third kappa shape index (κ3) is 6.42. The Bertz CT molecular complexity index is 320. The molecule has 1 heterocycles. The van der Waals surface area contributed by atoms with Crippen molar-refractivity contribution in [1.29, 1.82) is 0 Å². The predicted molar refractivity (Wildman–Crippen MR) is 74.0 cm³/mol. The van der Waals surface area contributed by atoms with E-state index in [-0.39, 0.29) is 0 Å². The number of rotatable bonds is 7. The third-order valence-electron chi connectivity index (χ3n) is 3.00. The summed E-state index contributed by atoms with van der Waals surface area (Å²) in [6.45, 7) is 9.86. The quantitative estimate of drug-likeness (QED) is 0.778. The highest BCUT2D eigenvalue weighted by atomic mass is 14.9. The minimum absolute atomic E-state index is 0.592. The lowest BCUT2D eigenvalue weighted by Crippen LogP contribution is -2.25. The first-order chi connectivity index (χ1) is 8.08. The van der Waals surface area contributed by atoms with Crippen LogP contribution in [0.5, 0.6) is 0 Å². The fraction of sp³-hybridized carbons (Fsp3) is 0.667. The van der Waals surface area contributed by atoms with Crippen LogP contribution in [0.1, 0.15) is 51.2 Å². The number of nitrogens with one attached hydrogen (secondary N) is 1. The van der Waals surface area contributed by atoms with Gasteiger partial charge in [0.1, 0.15) is 0 Å². The normalized spacial score (nSPS) is 13.0. The summed E-state index contributed by atoms with van der Waals surface area (Å²) >= 11 is 0. The minimum Gasteiger partial charge on any atom is -0.310 e. The lowest BCUT2D eigenvalue weighted by atomic mass is 10.0. The molecule has 0 aliphatic carbocycles. The molecule has 1 atom stereocenters. The summed E-state index contributed by atoms with van der Waals surface area (Å²) in [5.41, 5.74) is 2.51. The molecule has 17 heavy (non-hydrogen) atoms. The molecule has 0 aliphatic heterocycles. The van der Waals surface area contributed by atoms with E-state index in [1.54, 1.807) is 0 Å². The van der Waals surface area contributed by atoms with E-state index in [9.17, 15) is 0 Å². The fourth-order valence-electron chi connectivity index (χ4n) is 1.94. The Balaban J connectivity index is 2.21. The second-order valence-corrected chi connectivity index (χ2v) is 5.48. The van der Waals surface area contributed by atoms with Crippen molar-refractivity contribution in [2.45, 2.75) is 59.5 Å². The summed E-state index contributed by atoms with van der Waals surface area (Å²) in [5, 5.41) is 3.56. The van der Waals surface area contributed by atoms with Crippen LogP contribution in [0, 0.1) is 12.8 Å². The molecule has 1 aromatic heterocycles. The van der Waals surface area contributed by atoms with E-state index in [0.29, 0.717) is 6.04 Å². The smallest absolute Gasteiger partial charge is 0.0313 e. The summed E-state index contributed by atoms with van der Waals surface area (Å²) in [4.78, 5) is 4.21. The van der Waals surface area contributed by atoms with Gasteiger partial charge in [-0.3, -0.25) is 4.98 Å². The maximum atomic E-state index is 4.21. The first-order valence-corrected chi connectivity index (χ1v) is 6.72. The van der Waals surface area contributed by atoms with Gasteiger partial charge in [-0.15, -0.1) is 0 Å². The molecule has 0 aliphatic rings. The molecule has 0 amide bonds. The van der Waals surface area contributed by atoms with Crippen LogP contribution in [0.25, 0.3) is 0 Å². The molecule has 1 N–H and O–H groups in total. The van der Waals surface area contributed by atoms with Crippen molar-refractivity contribution in [3.63, 3.8) is 0 Å².